The zero-order chi connectivity index (χ0) is 25.3. The van der Waals surface area contributed by atoms with E-state index in [1.54, 1.807) is 43.2 Å². The van der Waals surface area contributed by atoms with Crippen LogP contribution in [0.4, 0.5) is 5.69 Å². The van der Waals surface area contributed by atoms with Crippen LogP contribution in [0.1, 0.15) is 12.6 Å². The third-order valence-corrected chi connectivity index (χ3v) is 8.71. The Morgan fingerprint density at radius 2 is 1.86 bits per heavy atom. The molecule has 35 heavy (non-hydrogen) atoms. The quantitative estimate of drug-likeness (QED) is 0.471. The minimum Gasteiger partial charge on any atom is -0.495 e. The molecule has 2 heterocycles. The summed E-state index contributed by atoms with van der Waals surface area (Å²) in [5.41, 5.74) is 1.39. The topological polar surface area (TPSA) is 84.7 Å². The van der Waals surface area contributed by atoms with E-state index in [1.165, 1.54) is 16.8 Å². The highest BCUT2D eigenvalue weighted by atomic mass is 35.5. The molecule has 8 nitrogen and oxygen atoms in total. The molecule has 0 N–H and O–H groups in total. The maximum Gasteiger partial charge on any atom is 0.244 e. The summed E-state index contributed by atoms with van der Waals surface area (Å²) in [6.07, 6.45) is 0. The Kier molecular flexibility index (Phi) is 7.30. The maximum absolute atomic E-state index is 13.2. The van der Waals surface area contributed by atoms with E-state index < -0.39 is 9.84 Å². The lowest BCUT2D eigenvalue weighted by Crippen LogP contribution is -2.54. The van der Waals surface area contributed by atoms with Crippen LogP contribution in [0.3, 0.4) is 0 Å². The summed E-state index contributed by atoms with van der Waals surface area (Å²) in [6.45, 7) is 5.30. The molecule has 1 saturated heterocycles. The molecule has 11 heteroatoms. The second-order valence-electron chi connectivity index (χ2n) is 8.38. The van der Waals surface area contributed by atoms with E-state index in [4.69, 9.17) is 27.9 Å². The molecule has 0 saturated carbocycles. The number of hydrogen-bond acceptors (Lipinski definition) is 6. The molecule has 1 aromatic heterocycles. The van der Waals surface area contributed by atoms with Crippen LogP contribution in [-0.2, 0) is 21.2 Å². The first-order valence-corrected chi connectivity index (χ1v) is 13.3. The van der Waals surface area contributed by atoms with Gasteiger partial charge in [-0.2, -0.15) is 5.10 Å². The number of rotatable bonds is 6. The summed E-state index contributed by atoms with van der Waals surface area (Å²) in [4.78, 5) is 17.2. The minimum atomic E-state index is -3.90. The molecule has 1 aliphatic rings. The monoisotopic (exact) mass is 536 g/mol. The van der Waals surface area contributed by atoms with Crippen molar-refractivity contribution in [2.45, 2.75) is 36.4 Å². The first kappa shape index (κ1) is 25.3. The van der Waals surface area contributed by atoms with Gasteiger partial charge in [0.25, 0.3) is 0 Å². The highest BCUT2D eigenvalue weighted by molar-refractivity contribution is 7.91. The van der Waals surface area contributed by atoms with Crippen molar-refractivity contribution >= 4 is 44.6 Å². The number of benzene rings is 2. The van der Waals surface area contributed by atoms with E-state index in [9.17, 15) is 13.2 Å². The van der Waals surface area contributed by atoms with E-state index >= 15 is 0 Å². The van der Waals surface area contributed by atoms with Crippen LogP contribution in [0.15, 0.2) is 58.5 Å². The molecule has 1 amide bonds. The van der Waals surface area contributed by atoms with Crippen LogP contribution in [0, 0.1) is 6.92 Å². The van der Waals surface area contributed by atoms with Gasteiger partial charge in [-0.1, -0.05) is 41.4 Å². The largest absolute Gasteiger partial charge is 0.495 e. The van der Waals surface area contributed by atoms with E-state index in [-0.39, 0.29) is 33.4 Å². The van der Waals surface area contributed by atoms with Gasteiger partial charge in [0, 0.05) is 37.4 Å². The number of piperazine rings is 1. The zero-order valence-electron chi connectivity index (χ0n) is 19.6. The average molecular weight is 537 g/mol. The molecule has 0 radical (unpaired) electrons. The molecule has 0 spiro atoms. The van der Waals surface area contributed by atoms with Gasteiger partial charge in [0.05, 0.1) is 22.7 Å². The SMILES string of the molecule is COc1cc(N2CCN(C(=O)Cn3nc(S(=O)(=O)c4ccccc4)c(Cl)c3C)C(C)C2)ccc1Cl. The number of ether oxygens (including phenoxy) is 1. The first-order valence-electron chi connectivity index (χ1n) is 11.0. The van der Waals surface area contributed by atoms with Crippen LogP contribution in [-0.4, -0.2) is 61.8 Å². The van der Waals surface area contributed by atoms with Crippen molar-refractivity contribution in [3.63, 3.8) is 0 Å². The predicted molar refractivity (Wildman–Crippen MR) is 135 cm³/mol. The number of nitrogens with zero attached hydrogens (tertiary/aromatic N) is 4. The highest BCUT2D eigenvalue weighted by Gasteiger charge is 2.31. The van der Waals surface area contributed by atoms with Crippen molar-refractivity contribution in [3.8, 4) is 5.75 Å². The van der Waals surface area contributed by atoms with Crippen LogP contribution < -0.4 is 9.64 Å². The van der Waals surface area contributed by atoms with Crippen molar-refractivity contribution in [2.24, 2.45) is 0 Å². The van der Waals surface area contributed by atoms with Gasteiger partial charge in [0.15, 0.2) is 0 Å². The van der Waals surface area contributed by atoms with E-state index in [2.05, 4.69) is 10.00 Å². The standard InChI is InChI=1S/C24H26Cl2N4O4S/c1-16-14-28(18-9-10-20(25)21(13-18)34-3)11-12-29(16)22(31)15-30-17(2)23(26)24(27-30)35(32,33)19-7-5-4-6-8-19/h4-10,13,16H,11-12,14-15H2,1-3H3. The maximum atomic E-state index is 13.2. The zero-order valence-corrected chi connectivity index (χ0v) is 21.9. The molecular weight excluding hydrogens is 511 g/mol. The lowest BCUT2D eigenvalue weighted by Gasteiger charge is -2.41. The van der Waals surface area contributed by atoms with Crippen LogP contribution >= 0.6 is 23.2 Å². The number of anilines is 1. The fraction of sp³-hybridized carbons (Fsp3) is 0.333. The molecule has 1 fully saturated rings. The summed E-state index contributed by atoms with van der Waals surface area (Å²) < 4.78 is 32.7. The highest BCUT2D eigenvalue weighted by Crippen LogP contribution is 2.31. The van der Waals surface area contributed by atoms with Crippen molar-refractivity contribution < 1.29 is 17.9 Å². The molecule has 3 aromatic rings. The van der Waals surface area contributed by atoms with Crippen molar-refractivity contribution in [1.82, 2.24) is 14.7 Å². The molecule has 1 atom stereocenters. The lowest BCUT2D eigenvalue weighted by atomic mass is 10.1. The number of carbonyl (C=O) groups is 1. The number of amides is 1. The van der Waals surface area contributed by atoms with Gasteiger partial charge in [-0.05, 0) is 38.1 Å². The molecule has 0 bridgehead atoms. The van der Waals surface area contributed by atoms with Crippen LogP contribution in [0.25, 0.3) is 0 Å². The smallest absolute Gasteiger partial charge is 0.244 e. The summed E-state index contributed by atoms with van der Waals surface area (Å²) in [7, 11) is -2.33. The van der Waals surface area contributed by atoms with E-state index in [1.807, 2.05) is 19.1 Å². The number of aromatic nitrogens is 2. The first-order chi connectivity index (χ1) is 16.6. The third kappa shape index (κ3) is 4.98. The van der Waals surface area contributed by atoms with Crippen LogP contribution in [0.5, 0.6) is 5.75 Å². The van der Waals surface area contributed by atoms with Gasteiger partial charge in [0.2, 0.25) is 20.8 Å². The number of halogens is 2. The lowest BCUT2D eigenvalue weighted by molar-refractivity contribution is -0.134. The van der Waals surface area contributed by atoms with E-state index in [0.29, 0.717) is 36.1 Å². The predicted octanol–water partition coefficient (Wildman–Crippen LogP) is 4.08. The van der Waals surface area contributed by atoms with Crippen molar-refractivity contribution in [2.75, 3.05) is 31.6 Å². The number of hydrogen-bond donors (Lipinski definition) is 0. The Balaban J connectivity index is 1.49. The van der Waals surface area contributed by atoms with Gasteiger partial charge in [-0.25, -0.2) is 8.42 Å². The Morgan fingerprint density at radius 3 is 2.51 bits per heavy atom. The molecule has 4 rings (SSSR count). The average Bonchev–Trinajstić information content (AvgIpc) is 3.13. The normalized spacial score (nSPS) is 16.4. The summed E-state index contributed by atoms with van der Waals surface area (Å²) >= 11 is 12.5. The second-order valence-corrected chi connectivity index (χ2v) is 11.0. The minimum absolute atomic E-state index is 0.0243. The molecular formula is C24H26Cl2N4O4S. The van der Waals surface area contributed by atoms with E-state index in [0.717, 1.165) is 5.69 Å². The Morgan fingerprint density at radius 1 is 1.14 bits per heavy atom. The Bertz CT molecular complexity index is 1350. The van der Waals surface area contributed by atoms with Crippen LogP contribution in [0.2, 0.25) is 10.0 Å². The fourth-order valence-corrected chi connectivity index (χ4v) is 6.12. The van der Waals surface area contributed by atoms with Gasteiger partial charge < -0.3 is 14.5 Å². The number of sulfone groups is 1. The summed E-state index contributed by atoms with van der Waals surface area (Å²) in [5.74, 6) is 0.444. The summed E-state index contributed by atoms with van der Waals surface area (Å²) in [5, 5.41) is 4.54. The second kappa shape index (κ2) is 10.1. The van der Waals surface area contributed by atoms with Gasteiger partial charge in [0.1, 0.15) is 17.3 Å². The molecule has 186 valence electrons. The molecule has 0 aliphatic carbocycles. The van der Waals surface area contributed by atoms with Gasteiger partial charge in [-0.3, -0.25) is 9.48 Å². The molecule has 1 aliphatic heterocycles. The Labute approximate surface area is 214 Å². The number of methoxy groups -OCH3 is 1. The third-order valence-electron chi connectivity index (χ3n) is 6.14. The van der Waals surface area contributed by atoms with Gasteiger partial charge in [-0.15, -0.1) is 0 Å². The Hall–Kier alpha value is -2.75. The summed E-state index contributed by atoms with van der Waals surface area (Å²) in [6, 6.07) is 13.5. The van der Waals surface area contributed by atoms with Crippen molar-refractivity contribution in [1.29, 1.82) is 0 Å². The van der Waals surface area contributed by atoms with Crippen molar-refractivity contribution in [3.05, 3.63) is 64.3 Å². The fourth-order valence-electron chi connectivity index (χ4n) is 4.16. The molecule has 1 unspecified atom stereocenters. The number of carbonyl (C=O) groups excluding carboxylic acids is 1. The van der Waals surface area contributed by atoms with Gasteiger partial charge >= 0.3 is 0 Å². The molecule has 2 aromatic carbocycles.